The Morgan fingerprint density at radius 1 is 1.13 bits per heavy atom. The molecule has 9 heteroatoms. The third kappa shape index (κ3) is 4.09. The highest BCUT2D eigenvalue weighted by Crippen LogP contribution is 2.39. The molecule has 5 rings (SSSR count). The van der Waals surface area contributed by atoms with Crippen molar-refractivity contribution in [1.82, 2.24) is 25.3 Å². The van der Waals surface area contributed by atoms with Crippen LogP contribution in [0.3, 0.4) is 0 Å². The van der Waals surface area contributed by atoms with Gasteiger partial charge in [0, 0.05) is 35.5 Å². The van der Waals surface area contributed by atoms with Crippen LogP contribution >= 0.6 is 0 Å². The number of aromatic nitrogens is 5. The number of nitrogens with one attached hydrogen (secondary N) is 3. The van der Waals surface area contributed by atoms with Crippen LogP contribution in [0.2, 0.25) is 0 Å². The monoisotopic (exact) mass is 403 g/mol. The van der Waals surface area contributed by atoms with Gasteiger partial charge in [0.25, 0.3) is 0 Å². The molecule has 3 heterocycles. The molecule has 1 aromatic carbocycles. The first-order valence-electron chi connectivity index (χ1n) is 9.76. The van der Waals surface area contributed by atoms with E-state index in [1.165, 1.54) is 18.5 Å². The van der Waals surface area contributed by atoms with Crippen molar-refractivity contribution >= 4 is 17.6 Å². The van der Waals surface area contributed by atoms with Crippen molar-refractivity contribution in [1.29, 1.82) is 0 Å². The van der Waals surface area contributed by atoms with E-state index in [0.29, 0.717) is 30.0 Å². The summed E-state index contributed by atoms with van der Waals surface area (Å²) in [5.41, 5.74) is 2.89. The molecule has 0 aliphatic heterocycles. The van der Waals surface area contributed by atoms with E-state index in [1.54, 1.807) is 19.4 Å². The largest absolute Gasteiger partial charge is 0.497 e. The molecule has 30 heavy (non-hydrogen) atoms. The van der Waals surface area contributed by atoms with Gasteiger partial charge in [0.2, 0.25) is 5.95 Å². The Kier molecular flexibility index (Phi) is 4.76. The fourth-order valence-electron chi connectivity index (χ4n) is 3.11. The Hall–Kier alpha value is -3.88. The maximum absolute atomic E-state index is 5.43. The van der Waals surface area contributed by atoms with Crippen LogP contribution in [0.5, 0.6) is 5.75 Å². The Bertz CT molecular complexity index is 1130. The highest BCUT2D eigenvalue weighted by Gasteiger charge is 2.25. The van der Waals surface area contributed by atoms with Crippen molar-refractivity contribution in [2.24, 2.45) is 0 Å². The van der Waals surface area contributed by atoms with E-state index in [4.69, 9.17) is 9.26 Å². The van der Waals surface area contributed by atoms with Crippen LogP contribution in [0.4, 0.5) is 17.6 Å². The highest BCUT2D eigenvalue weighted by molar-refractivity contribution is 5.60. The number of H-pyrrole nitrogens is 1. The predicted octanol–water partition coefficient (Wildman–Crippen LogP) is 4.10. The van der Waals surface area contributed by atoms with E-state index in [-0.39, 0.29) is 0 Å². The lowest BCUT2D eigenvalue weighted by Gasteiger charge is -2.05. The van der Waals surface area contributed by atoms with E-state index >= 15 is 0 Å². The fraction of sp³-hybridized carbons (Fsp3) is 0.238. The topological polar surface area (TPSA) is 114 Å². The average molecular weight is 403 g/mol. The number of ether oxygens (including phenoxy) is 1. The van der Waals surface area contributed by atoms with Crippen molar-refractivity contribution < 1.29 is 9.26 Å². The van der Waals surface area contributed by atoms with Crippen molar-refractivity contribution in [3.63, 3.8) is 0 Å². The van der Waals surface area contributed by atoms with Crippen LogP contribution in [0, 0.1) is 0 Å². The normalized spacial score (nSPS) is 13.2. The summed E-state index contributed by atoms with van der Waals surface area (Å²) in [5, 5.41) is 17.9. The smallest absolute Gasteiger partial charge is 0.224 e. The van der Waals surface area contributed by atoms with E-state index in [1.807, 2.05) is 36.4 Å². The fourth-order valence-corrected chi connectivity index (χ4v) is 3.11. The summed E-state index contributed by atoms with van der Waals surface area (Å²) in [4.78, 5) is 8.73. The molecule has 4 aromatic rings. The molecule has 152 valence electrons. The Balaban J connectivity index is 1.21. The Morgan fingerprint density at radius 2 is 2.00 bits per heavy atom. The molecule has 1 saturated carbocycles. The molecule has 1 fully saturated rings. The molecule has 1 aliphatic rings. The maximum atomic E-state index is 5.43. The molecule has 9 nitrogen and oxygen atoms in total. The lowest BCUT2D eigenvalue weighted by molar-refractivity contribution is 0.390. The Labute approximate surface area is 172 Å². The quantitative estimate of drug-likeness (QED) is 0.403. The summed E-state index contributed by atoms with van der Waals surface area (Å²) in [6, 6.07) is 13.4. The van der Waals surface area contributed by atoms with Gasteiger partial charge in [0.15, 0.2) is 11.6 Å². The first kappa shape index (κ1) is 18.2. The van der Waals surface area contributed by atoms with Gasteiger partial charge in [-0.15, -0.1) is 0 Å². The standard InChI is InChI=1S/C21H21N7O2/c1-29-15-6-4-14(5-7-15)18-10-16(30-28-18)12-23-21-22-9-8-19(25-21)24-20-11-17(26-27-20)13-2-3-13/h4-11,13H,2-3,12H2,1H3,(H3,22,23,24,25,26,27). The zero-order valence-electron chi connectivity index (χ0n) is 16.4. The number of nitrogens with zero attached hydrogens (tertiary/aromatic N) is 4. The Morgan fingerprint density at radius 3 is 2.80 bits per heavy atom. The first-order valence-corrected chi connectivity index (χ1v) is 9.76. The van der Waals surface area contributed by atoms with Gasteiger partial charge >= 0.3 is 0 Å². The molecule has 0 unspecified atom stereocenters. The number of methoxy groups -OCH3 is 1. The van der Waals surface area contributed by atoms with Gasteiger partial charge in [-0.25, -0.2) is 4.98 Å². The highest BCUT2D eigenvalue weighted by atomic mass is 16.5. The van der Waals surface area contributed by atoms with Crippen LogP contribution < -0.4 is 15.4 Å². The van der Waals surface area contributed by atoms with Crippen LogP contribution in [-0.2, 0) is 6.54 Å². The van der Waals surface area contributed by atoms with Crippen molar-refractivity contribution in [2.75, 3.05) is 17.7 Å². The summed E-state index contributed by atoms with van der Waals surface area (Å²) in [6.07, 6.45) is 4.14. The van der Waals surface area contributed by atoms with Gasteiger partial charge in [-0.05, 0) is 43.2 Å². The number of benzene rings is 1. The van der Waals surface area contributed by atoms with E-state index in [0.717, 1.165) is 22.8 Å². The second-order valence-corrected chi connectivity index (χ2v) is 7.13. The summed E-state index contributed by atoms with van der Waals surface area (Å²) in [7, 11) is 1.64. The zero-order valence-corrected chi connectivity index (χ0v) is 16.4. The number of rotatable bonds is 8. The summed E-state index contributed by atoms with van der Waals surface area (Å²) >= 11 is 0. The number of hydrogen-bond donors (Lipinski definition) is 3. The van der Waals surface area contributed by atoms with E-state index in [2.05, 4.69) is 36.0 Å². The first-order chi connectivity index (χ1) is 14.8. The summed E-state index contributed by atoms with van der Waals surface area (Å²) in [5.74, 6) is 4.01. The van der Waals surface area contributed by atoms with Gasteiger partial charge in [0.1, 0.15) is 17.3 Å². The molecule has 1 aliphatic carbocycles. The molecule has 3 N–H and O–H groups in total. The lowest BCUT2D eigenvalue weighted by atomic mass is 10.1. The van der Waals surface area contributed by atoms with Crippen molar-refractivity contribution in [2.45, 2.75) is 25.3 Å². The molecular formula is C21H21N7O2. The second kappa shape index (κ2) is 7.86. The third-order valence-corrected chi connectivity index (χ3v) is 4.89. The molecule has 0 bridgehead atoms. The van der Waals surface area contributed by atoms with Crippen LogP contribution in [0.15, 0.2) is 53.2 Å². The molecule has 0 spiro atoms. The molecule has 3 aromatic heterocycles. The minimum atomic E-state index is 0.418. The minimum absolute atomic E-state index is 0.418. The average Bonchev–Trinajstić information content (AvgIpc) is 3.34. The molecule has 0 amide bonds. The van der Waals surface area contributed by atoms with Gasteiger partial charge in [0.05, 0.1) is 13.7 Å². The number of aromatic amines is 1. The number of anilines is 3. The van der Waals surface area contributed by atoms with Crippen LogP contribution in [-0.4, -0.2) is 32.4 Å². The molecule has 0 radical (unpaired) electrons. The SMILES string of the molecule is COc1ccc(-c2cc(CNc3nccc(Nc4cc(C5CC5)[nH]n4)n3)on2)cc1. The maximum Gasteiger partial charge on any atom is 0.224 e. The number of hydrogen-bond acceptors (Lipinski definition) is 8. The van der Waals surface area contributed by atoms with Crippen LogP contribution in [0.1, 0.15) is 30.2 Å². The van der Waals surface area contributed by atoms with Crippen LogP contribution in [0.25, 0.3) is 11.3 Å². The van der Waals surface area contributed by atoms with Gasteiger partial charge in [-0.2, -0.15) is 10.1 Å². The van der Waals surface area contributed by atoms with Gasteiger partial charge in [-0.3, -0.25) is 5.10 Å². The molecular weight excluding hydrogens is 382 g/mol. The lowest BCUT2D eigenvalue weighted by Crippen LogP contribution is -2.04. The van der Waals surface area contributed by atoms with Gasteiger partial charge < -0.3 is 19.9 Å². The third-order valence-electron chi connectivity index (χ3n) is 4.89. The van der Waals surface area contributed by atoms with Crippen molar-refractivity contribution in [3.05, 3.63) is 60.1 Å². The van der Waals surface area contributed by atoms with E-state index in [9.17, 15) is 0 Å². The molecule has 0 atom stereocenters. The minimum Gasteiger partial charge on any atom is -0.497 e. The summed E-state index contributed by atoms with van der Waals surface area (Å²) in [6.45, 7) is 0.418. The summed E-state index contributed by atoms with van der Waals surface area (Å²) < 4.78 is 10.6. The van der Waals surface area contributed by atoms with E-state index < -0.39 is 0 Å². The second-order valence-electron chi connectivity index (χ2n) is 7.13. The van der Waals surface area contributed by atoms with Crippen molar-refractivity contribution in [3.8, 4) is 17.0 Å². The zero-order chi connectivity index (χ0) is 20.3. The van der Waals surface area contributed by atoms with Gasteiger partial charge in [-0.1, -0.05) is 5.16 Å². The predicted molar refractivity (Wildman–Crippen MR) is 112 cm³/mol. The molecule has 0 saturated heterocycles.